The largest absolute Gasteiger partial charge is 0.333 e. The van der Waals surface area contributed by atoms with Gasteiger partial charge >= 0.3 is 0 Å². The van der Waals surface area contributed by atoms with Gasteiger partial charge < -0.3 is 10.2 Å². The van der Waals surface area contributed by atoms with Gasteiger partial charge in [-0.2, -0.15) is 0 Å². The summed E-state index contributed by atoms with van der Waals surface area (Å²) in [4.78, 5) is 14.3. The standard InChI is InChI=1S/C14H20N2O/c1-10-4-6-13(7-5-10)14(17)16-9-8-15-11(2)12(16)3/h4-7,11-12,15H,8-9H2,1-3H3. The van der Waals surface area contributed by atoms with Crippen LogP contribution < -0.4 is 5.32 Å². The van der Waals surface area contributed by atoms with Crippen molar-refractivity contribution < 1.29 is 4.79 Å². The van der Waals surface area contributed by atoms with E-state index in [0.717, 1.165) is 18.7 Å². The molecular formula is C14H20N2O. The molecule has 1 amide bonds. The van der Waals surface area contributed by atoms with Crippen LogP contribution in [0.4, 0.5) is 0 Å². The maximum Gasteiger partial charge on any atom is 0.254 e. The maximum atomic E-state index is 12.4. The first-order valence-electron chi connectivity index (χ1n) is 6.20. The fourth-order valence-corrected chi connectivity index (χ4v) is 2.21. The van der Waals surface area contributed by atoms with Crippen molar-refractivity contribution in [3.8, 4) is 0 Å². The second kappa shape index (κ2) is 4.88. The number of amides is 1. The van der Waals surface area contributed by atoms with E-state index in [1.165, 1.54) is 5.56 Å². The third-order valence-corrected chi connectivity index (χ3v) is 3.59. The zero-order valence-electron chi connectivity index (χ0n) is 10.7. The molecule has 0 aliphatic carbocycles. The highest BCUT2D eigenvalue weighted by Gasteiger charge is 2.28. The molecule has 0 aromatic heterocycles. The lowest BCUT2D eigenvalue weighted by Crippen LogP contribution is -2.57. The number of nitrogens with zero attached hydrogens (tertiary/aromatic N) is 1. The molecule has 1 saturated heterocycles. The van der Waals surface area contributed by atoms with Gasteiger partial charge in [0, 0.05) is 30.7 Å². The highest BCUT2D eigenvalue weighted by molar-refractivity contribution is 5.94. The molecule has 3 nitrogen and oxygen atoms in total. The van der Waals surface area contributed by atoms with E-state index in [0.29, 0.717) is 6.04 Å². The number of nitrogens with one attached hydrogen (secondary N) is 1. The minimum atomic E-state index is 0.144. The molecule has 1 aromatic rings. The molecule has 3 heteroatoms. The first kappa shape index (κ1) is 12.1. The van der Waals surface area contributed by atoms with E-state index >= 15 is 0 Å². The van der Waals surface area contributed by atoms with Gasteiger partial charge in [0.25, 0.3) is 5.91 Å². The summed E-state index contributed by atoms with van der Waals surface area (Å²) in [5.74, 6) is 0.144. The molecule has 1 N–H and O–H groups in total. The number of rotatable bonds is 1. The monoisotopic (exact) mass is 232 g/mol. The van der Waals surface area contributed by atoms with Crippen molar-refractivity contribution in [2.45, 2.75) is 32.9 Å². The number of piperazine rings is 1. The Kier molecular flexibility index (Phi) is 3.48. The molecule has 92 valence electrons. The van der Waals surface area contributed by atoms with E-state index in [9.17, 15) is 4.79 Å². The van der Waals surface area contributed by atoms with Crippen LogP contribution in [-0.2, 0) is 0 Å². The lowest BCUT2D eigenvalue weighted by atomic mass is 10.0. The topological polar surface area (TPSA) is 32.3 Å². The van der Waals surface area contributed by atoms with Gasteiger partial charge in [0.1, 0.15) is 0 Å². The minimum absolute atomic E-state index is 0.144. The van der Waals surface area contributed by atoms with Gasteiger partial charge in [0.2, 0.25) is 0 Å². The van der Waals surface area contributed by atoms with Crippen molar-refractivity contribution in [2.24, 2.45) is 0 Å². The molecule has 2 unspecified atom stereocenters. The molecule has 17 heavy (non-hydrogen) atoms. The van der Waals surface area contributed by atoms with E-state index in [2.05, 4.69) is 19.2 Å². The number of hydrogen-bond acceptors (Lipinski definition) is 2. The normalized spacial score (nSPS) is 24.8. The first-order valence-corrected chi connectivity index (χ1v) is 6.20. The van der Waals surface area contributed by atoms with Crippen molar-refractivity contribution in [2.75, 3.05) is 13.1 Å². The van der Waals surface area contributed by atoms with Crippen LogP contribution in [0.1, 0.15) is 29.8 Å². The highest BCUT2D eigenvalue weighted by Crippen LogP contribution is 2.14. The van der Waals surface area contributed by atoms with Crippen LogP contribution in [-0.4, -0.2) is 36.0 Å². The molecule has 0 saturated carbocycles. The predicted molar refractivity (Wildman–Crippen MR) is 69.1 cm³/mol. The summed E-state index contributed by atoms with van der Waals surface area (Å²) < 4.78 is 0. The number of carbonyl (C=O) groups excluding carboxylic acids is 1. The van der Waals surface area contributed by atoms with Crippen molar-refractivity contribution >= 4 is 5.91 Å². The van der Waals surface area contributed by atoms with Crippen LogP contribution in [0.2, 0.25) is 0 Å². The van der Waals surface area contributed by atoms with Gasteiger partial charge in [-0.3, -0.25) is 4.79 Å². The van der Waals surface area contributed by atoms with Crippen LogP contribution in [0, 0.1) is 6.92 Å². The molecule has 1 aliphatic heterocycles. The summed E-state index contributed by atoms with van der Waals surface area (Å²) in [7, 11) is 0. The van der Waals surface area contributed by atoms with Crippen molar-refractivity contribution in [3.05, 3.63) is 35.4 Å². The Bertz CT molecular complexity index is 399. The van der Waals surface area contributed by atoms with E-state index in [-0.39, 0.29) is 11.9 Å². The van der Waals surface area contributed by atoms with Gasteiger partial charge in [-0.1, -0.05) is 17.7 Å². The minimum Gasteiger partial charge on any atom is -0.333 e. The number of benzene rings is 1. The summed E-state index contributed by atoms with van der Waals surface area (Å²) in [6.07, 6.45) is 0. The summed E-state index contributed by atoms with van der Waals surface area (Å²) in [5.41, 5.74) is 1.97. The summed E-state index contributed by atoms with van der Waals surface area (Å²) in [5, 5.41) is 3.38. The molecule has 1 heterocycles. The molecule has 1 fully saturated rings. The Morgan fingerprint density at radius 3 is 2.59 bits per heavy atom. The Hall–Kier alpha value is -1.35. The number of aryl methyl sites for hydroxylation is 1. The molecule has 1 aliphatic rings. The maximum absolute atomic E-state index is 12.4. The van der Waals surface area contributed by atoms with Crippen LogP contribution in [0.3, 0.4) is 0 Å². The lowest BCUT2D eigenvalue weighted by molar-refractivity contribution is 0.0603. The summed E-state index contributed by atoms with van der Waals surface area (Å²) >= 11 is 0. The average Bonchev–Trinajstić information content (AvgIpc) is 2.33. The second-order valence-electron chi connectivity index (χ2n) is 4.85. The molecular weight excluding hydrogens is 212 g/mol. The van der Waals surface area contributed by atoms with Crippen LogP contribution >= 0.6 is 0 Å². The first-order chi connectivity index (χ1) is 8.09. The zero-order chi connectivity index (χ0) is 12.4. The van der Waals surface area contributed by atoms with Crippen molar-refractivity contribution in [3.63, 3.8) is 0 Å². The smallest absolute Gasteiger partial charge is 0.254 e. The predicted octanol–water partition coefficient (Wildman–Crippen LogP) is 1.82. The molecule has 0 bridgehead atoms. The van der Waals surface area contributed by atoms with Gasteiger partial charge in [-0.05, 0) is 32.9 Å². The Morgan fingerprint density at radius 1 is 1.29 bits per heavy atom. The fraction of sp³-hybridized carbons (Fsp3) is 0.500. The summed E-state index contributed by atoms with van der Waals surface area (Å²) in [6.45, 7) is 7.92. The van der Waals surface area contributed by atoms with Gasteiger partial charge in [-0.15, -0.1) is 0 Å². The van der Waals surface area contributed by atoms with E-state index < -0.39 is 0 Å². The molecule has 2 rings (SSSR count). The molecule has 1 aromatic carbocycles. The number of hydrogen-bond donors (Lipinski definition) is 1. The van der Waals surface area contributed by atoms with Gasteiger partial charge in [0.15, 0.2) is 0 Å². The Labute approximate surface area is 103 Å². The zero-order valence-corrected chi connectivity index (χ0v) is 10.7. The lowest BCUT2D eigenvalue weighted by Gasteiger charge is -2.38. The van der Waals surface area contributed by atoms with Crippen molar-refractivity contribution in [1.82, 2.24) is 10.2 Å². The van der Waals surface area contributed by atoms with Gasteiger partial charge in [-0.25, -0.2) is 0 Å². The third-order valence-electron chi connectivity index (χ3n) is 3.59. The fourth-order valence-electron chi connectivity index (χ4n) is 2.21. The van der Waals surface area contributed by atoms with Gasteiger partial charge in [0.05, 0.1) is 0 Å². The summed E-state index contributed by atoms with van der Waals surface area (Å²) in [6, 6.07) is 8.41. The van der Waals surface area contributed by atoms with Crippen LogP contribution in [0.15, 0.2) is 24.3 Å². The molecule has 2 atom stereocenters. The van der Waals surface area contributed by atoms with Crippen LogP contribution in [0.5, 0.6) is 0 Å². The van der Waals surface area contributed by atoms with E-state index in [4.69, 9.17) is 0 Å². The SMILES string of the molecule is Cc1ccc(C(=O)N2CCNC(C)C2C)cc1. The van der Waals surface area contributed by atoms with E-state index in [1.54, 1.807) is 0 Å². The molecule has 0 spiro atoms. The number of carbonyl (C=O) groups is 1. The average molecular weight is 232 g/mol. The highest BCUT2D eigenvalue weighted by atomic mass is 16.2. The second-order valence-corrected chi connectivity index (χ2v) is 4.85. The molecule has 0 radical (unpaired) electrons. The Balaban J connectivity index is 2.16. The quantitative estimate of drug-likeness (QED) is 0.801. The van der Waals surface area contributed by atoms with E-state index in [1.807, 2.05) is 36.1 Å². The third kappa shape index (κ3) is 2.50. The van der Waals surface area contributed by atoms with Crippen molar-refractivity contribution in [1.29, 1.82) is 0 Å². The van der Waals surface area contributed by atoms with Crippen LogP contribution in [0.25, 0.3) is 0 Å². The Morgan fingerprint density at radius 2 is 1.94 bits per heavy atom.